The topological polar surface area (TPSA) is 78.4 Å². The molecule has 0 aromatic heterocycles. The minimum atomic E-state index is -0.190. The normalized spacial score (nSPS) is 9.30. The molecule has 3 N–H and O–H groups in total. The third kappa shape index (κ3) is 6.03. The van der Waals surface area contributed by atoms with Gasteiger partial charge in [-0.3, -0.25) is 9.59 Å². The van der Waals surface area contributed by atoms with Gasteiger partial charge in [0.05, 0.1) is 6.61 Å². The van der Waals surface area contributed by atoms with Crippen LogP contribution in [0.2, 0.25) is 0 Å². The third-order valence-electron chi connectivity index (χ3n) is 2.40. The number of carbonyl (C=O) groups excluding carboxylic acids is 2. The quantitative estimate of drug-likeness (QED) is 0.533. The van der Waals surface area contributed by atoms with Gasteiger partial charge in [0, 0.05) is 37.6 Å². The zero-order valence-electron chi connectivity index (χ0n) is 11.4. The van der Waals surface area contributed by atoms with Gasteiger partial charge in [0.1, 0.15) is 0 Å². The van der Waals surface area contributed by atoms with Crippen molar-refractivity contribution in [2.24, 2.45) is 0 Å². The first kappa shape index (κ1) is 15.7. The van der Waals surface area contributed by atoms with Crippen LogP contribution < -0.4 is 10.6 Å². The van der Waals surface area contributed by atoms with E-state index in [4.69, 9.17) is 5.11 Å². The number of hydrogen-bond acceptors (Lipinski definition) is 3. The van der Waals surface area contributed by atoms with E-state index in [0.717, 1.165) is 5.56 Å². The lowest BCUT2D eigenvalue weighted by Gasteiger charge is -2.05. The fourth-order valence-electron chi connectivity index (χ4n) is 1.44. The van der Waals surface area contributed by atoms with Crippen LogP contribution in [0.5, 0.6) is 0 Å². The first-order valence-corrected chi connectivity index (χ1v) is 6.36. The minimum Gasteiger partial charge on any atom is -0.395 e. The van der Waals surface area contributed by atoms with Gasteiger partial charge in [-0.2, -0.15) is 0 Å². The molecule has 0 heterocycles. The van der Waals surface area contributed by atoms with E-state index in [1.54, 1.807) is 24.3 Å². The van der Waals surface area contributed by atoms with Gasteiger partial charge < -0.3 is 15.7 Å². The molecule has 5 nitrogen and oxygen atoms in total. The maximum absolute atomic E-state index is 11.8. The average molecular weight is 274 g/mol. The van der Waals surface area contributed by atoms with E-state index in [0.29, 0.717) is 25.1 Å². The summed E-state index contributed by atoms with van der Waals surface area (Å²) in [6.07, 6.45) is 0.436. The van der Waals surface area contributed by atoms with E-state index >= 15 is 0 Å². The molecule has 106 valence electrons. The highest BCUT2D eigenvalue weighted by Gasteiger charge is 2.03. The average Bonchev–Trinajstić information content (AvgIpc) is 2.44. The largest absolute Gasteiger partial charge is 0.395 e. The molecule has 0 aliphatic carbocycles. The van der Waals surface area contributed by atoms with Crippen LogP contribution in [0, 0.1) is 11.8 Å². The van der Waals surface area contributed by atoms with Gasteiger partial charge >= 0.3 is 0 Å². The van der Waals surface area contributed by atoms with Crippen LogP contribution in [0.3, 0.4) is 0 Å². The van der Waals surface area contributed by atoms with Gasteiger partial charge in [0.25, 0.3) is 5.91 Å². The molecule has 1 aromatic carbocycles. The van der Waals surface area contributed by atoms with E-state index < -0.39 is 0 Å². The maximum atomic E-state index is 11.8. The van der Waals surface area contributed by atoms with Gasteiger partial charge in [0.2, 0.25) is 5.91 Å². The third-order valence-corrected chi connectivity index (χ3v) is 2.40. The fraction of sp³-hybridized carbons (Fsp3) is 0.333. The zero-order valence-corrected chi connectivity index (χ0v) is 11.4. The van der Waals surface area contributed by atoms with Crippen molar-refractivity contribution >= 4 is 11.8 Å². The predicted octanol–water partition coefficient (Wildman–Crippen LogP) is 0.286. The van der Waals surface area contributed by atoms with Gasteiger partial charge in [-0.1, -0.05) is 11.8 Å². The Hall–Kier alpha value is -2.32. The SMILES string of the molecule is CC(=O)NCCNC(=O)c1ccc(C#CCCO)cc1. The standard InChI is InChI=1S/C15H18N2O3/c1-12(19)16-9-10-17-15(20)14-7-5-13(6-8-14)4-2-3-11-18/h5-8,18H,3,9-11H2,1H3,(H,16,19)(H,17,20). The number of rotatable bonds is 5. The van der Waals surface area contributed by atoms with Crippen molar-refractivity contribution in [1.82, 2.24) is 10.6 Å². The van der Waals surface area contributed by atoms with Crippen LogP contribution >= 0.6 is 0 Å². The summed E-state index contributed by atoms with van der Waals surface area (Å²) in [7, 11) is 0. The fourth-order valence-corrected chi connectivity index (χ4v) is 1.44. The second-order valence-corrected chi connectivity index (χ2v) is 4.09. The Balaban J connectivity index is 2.45. The molecule has 1 aromatic rings. The molecule has 20 heavy (non-hydrogen) atoms. The monoisotopic (exact) mass is 274 g/mol. The summed E-state index contributed by atoms with van der Waals surface area (Å²) in [4.78, 5) is 22.4. The Morgan fingerprint density at radius 1 is 1.15 bits per heavy atom. The van der Waals surface area contributed by atoms with Gasteiger partial charge in [-0.25, -0.2) is 0 Å². The molecule has 0 bridgehead atoms. The van der Waals surface area contributed by atoms with Crippen molar-refractivity contribution in [3.05, 3.63) is 35.4 Å². The molecule has 0 atom stereocenters. The molecule has 0 saturated carbocycles. The highest BCUT2D eigenvalue weighted by molar-refractivity contribution is 5.94. The van der Waals surface area contributed by atoms with Crippen molar-refractivity contribution < 1.29 is 14.7 Å². The molecule has 0 aliphatic rings. The number of carbonyl (C=O) groups is 2. The van der Waals surface area contributed by atoms with Crippen molar-refractivity contribution in [2.45, 2.75) is 13.3 Å². The van der Waals surface area contributed by atoms with Crippen LogP contribution in [-0.2, 0) is 4.79 Å². The molecule has 0 fully saturated rings. The van der Waals surface area contributed by atoms with E-state index in [-0.39, 0.29) is 18.4 Å². The van der Waals surface area contributed by atoms with E-state index in [2.05, 4.69) is 22.5 Å². The second kappa shape index (κ2) is 8.73. The Morgan fingerprint density at radius 2 is 1.80 bits per heavy atom. The maximum Gasteiger partial charge on any atom is 0.251 e. The zero-order chi connectivity index (χ0) is 14.8. The van der Waals surface area contributed by atoms with Crippen LogP contribution in [0.15, 0.2) is 24.3 Å². The van der Waals surface area contributed by atoms with E-state index in [1.807, 2.05) is 0 Å². The molecule has 2 amide bonds. The molecule has 0 aliphatic heterocycles. The highest BCUT2D eigenvalue weighted by Crippen LogP contribution is 2.03. The van der Waals surface area contributed by atoms with Crippen molar-refractivity contribution in [2.75, 3.05) is 19.7 Å². The number of hydrogen-bond donors (Lipinski definition) is 3. The Bertz CT molecular complexity index is 512. The van der Waals surface area contributed by atoms with Crippen LogP contribution in [0.25, 0.3) is 0 Å². The molecular formula is C15H18N2O3. The van der Waals surface area contributed by atoms with Crippen molar-refractivity contribution in [1.29, 1.82) is 0 Å². The van der Waals surface area contributed by atoms with Crippen molar-refractivity contribution in [3.63, 3.8) is 0 Å². The number of aliphatic hydroxyl groups excluding tert-OH is 1. The number of benzene rings is 1. The molecular weight excluding hydrogens is 256 g/mol. The van der Waals surface area contributed by atoms with Crippen LogP contribution in [0.1, 0.15) is 29.3 Å². The van der Waals surface area contributed by atoms with Crippen LogP contribution in [-0.4, -0.2) is 36.6 Å². The first-order chi connectivity index (χ1) is 9.63. The lowest BCUT2D eigenvalue weighted by Crippen LogP contribution is -2.33. The van der Waals surface area contributed by atoms with Crippen LogP contribution in [0.4, 0.5) is 0 Å². The van der Waals surface area contributed by atoms with Gasteiger partial charge in [0.15, 0.2) is 0 Å². The number of amides is 2. The summed E-state index contributed by atoms with van der Waals surface area (Å²) in [5, 5.41) is 13.9. The molecule has 0 unspecified atom stereocenters. The number of aliphatic hydroxyl groups is 1. The Kier molecular flexibility index (Phi) is 6.87. The minimum absolute atomic E-state index is 0.0434. The summed E-state index contributed by atoms with van der Waals surface area (Å²) in [6, 6.07) is 6.90. The highest BCUT2D eigenvalue weighted by atomic mass is 16.2. The smallest absolute Gasteiger partial charge is 0.251 e. The number of nitrogens with one attached hydrogen (secondary N) is 2. The Labute approximate surface area is 118 Å². The molecule has 0 saturated heterocycles. The van der Waals surface area contributed by atoms with Gasteiger partial charge in [-0.15, -0.1) is 0 Å². The summed E-state index contributed by atoms with van der Waals surface area (Å²) < 4.78 is 0. The summed E-state index contributed by atoms with van der Waals surface area (Å²) in [5.74, 6) is 5.39. The second-order valence-electron chi connectivity index (χ2n) is 4.09. The predicted molar refractivity (Wildman–Crippen MR) is 76.0 cm³/mol. The molecule has 0 spiro atoms. The van der Waals surface area contributed by atoms with E-state index in [9.17, 15) is 9.59 Å². The molecule has 5 heteroatoms. The summed E-state index contributed by atoms with van der Waals surface area (Å²) in [5.41, 5.74) is 1.34. The van der Waals surface area contributed by atoms with Gasteiger partial charge in [-0.05, 0) is 24.3 Å². The first-order valence-electron chi connectivity index (χ1n) is 6.36. The Morgan fingerprint density at radius 3 is 2.40 bits per heavy atom. The molecule has 1 rings (SSSR count). The molecule has 0 radical (unpaired) electrons. The summed E-state index contributed by atoms with van der Waals surface area (Å²) >= 11 is 0. The van der Waals surface area contributed by atoms with Crippen molar-refractivity contribution in [3.8, 4) is 11.8 Å². The lowest BCUT2D eigenvalue weighted by atomic mass is 10.1. The lowest BCUT2D eigenvalue weighted by molar-refractivity contribution is -0.118. The summed E-state index contributed by atoms with van der Waals surface area (Å²) in [6.45, 7) is 2.27. The van der Waals surface area contributed by atoms with E-state index in [1.165, 1.54) is 6.92 Å².